The van der Waals surface area contributed by atoms with E-state index >= 15 is 0 Å². The van der Waals surface area contributed by atoms with Crippen LogP contribution < -0.4 is 0 Å². The van der Waals surface area contributed by atoms with Crippen molar-refractivity contribution in [2.45, 2.75) is 32.6 Å². The standard InChI is InChI=1S/C20H25P/c1-2-3-4-11-16-21-20(19-14-9-6-10-15-19)17-18-12-7-5-8-13-18/h5-10,12-15,17,21H,2-4,11,16H2,1H3. The summed E-state index contributed by atoms with van der Waals surface area (Å²) in [6.07, 6.45) is 9.07. The highest BCUT2D eigenvalue weighted by molar-refractivity contribution is 7.50. The van der Waals surface area contributed by atoms with Gasteiger partial charge in [0, 0.05) is 0 Å². The first kappa shape index (κ1) is 16.0. The van der Waals surface area contributed by atoms with Gasteiger partial charge in [0.25, 0.3) is 0 Å². The predicted molar refractivity (Wildman–Crippen MR) is 98.1 cm³/mol. The predicted octanol–water partition coefficient (Wildman–Crippen LogP) is 6.44. The van der Waals surface area contributed by atoms with Crippen LogP contribution in [0.15, 0.2) is 60.7 Å². The molecule has 0 fully saturated rings. The molecule has 21 heavy (non-hydrogen) atoms. The van der Waals surface area contributed by atoms with Crippen molar-refractivity contribution in [3.05, 3.63) is 71.8 Å². The lowest BCUT2D eigenvalue weighted by atomic mass is 10.1. The molecular weight excluding hydrogens is 271 g/mol. The molecule has 0 aliphatic heterocycles. The molecule has 0 aromatic heterocycles. The highest BCUT2D eigenvalue weighted by atomic mass is 31.1. The molecular formula is C20H25P. The zero-order valence-electron chi connectivity index (χ0n) is 12.9. The molecule has 2 rings (SSSR count). The Bertz CT molecular complexity index is 528. The maximum Gasteiger partial charge on any atom is -0.0182 e. The Kier molecular flexibility index (Phi) is 7.25. The van der Waals surface area contributed by atoms with Crippen molar-refractivity contribution in [1.29, 1.82) is 0 Å². The van der Waals surface area contributed by atoms with Gasteiger partial charge < -0.3 is 0 Å². The van der Waals surface area contributed by atoms with Gasteiger partial charge in [-0.1, -0.05) is 95.4 Å². The van der Waals surface area contributed by atoms with Crippen LogP contribution in [0.25, 0.3) is 11.4 Å². The molecule has 1 unspecified atom stereocenters. The van der Waals surface area contributed by atoms with Crippen LogP contribution in [0, 0.1) is 0 Å². The van der Waals surface area contributed by atoms with Gasteiger partial charge in [0.05, 0.1) is 0 Å². The minimum absolute atomic E-state index is 0.899. The second-order valence-electron chi connectivity index (χ2n) is 5.32. The summed E-state index contributed by atoms with van der Waals surface area (Å²) in [5.74, 6) is 0. The van der Waals surface area contributed by atoms with Gasteiger partial charge in [0.15, 0.2) is 0 Å². The molecule has 1 atom stereocenters. The smallest absolute Gasteiger partial charge is 0.0182 e. The maximum atomic E-state index is 2.35. The normalized spacial score (nSPS) is 12.1. The van der Waals surface area contributed by atoms with E-state index in [4.69, 9.17) is 0 Å². The first-order chi connectivity index (χ1) is 10.4. The van der Waals surface area contributed by atoms with Crippen LogP contribution in [0.3, 0.4) is 0 Å². The Hall–Kier alpha value is -1.39. The lowest BCUT2D eigenvalue weighted by Crippen LogP contribution is -1.83. The molecule has 1 heteroatoms. The van der Waals surface area contributed by atoms with Crippen LogP contribution in [-0.2, 0) is 0 Å². The van der Waals surface area contributed by atoms with Gasteiger partial charge in [-0.2, -0.15) is 0 Å². The van der Waals surface area contributed by atoms with Crippen LogP contribution >= 0.6 is 8.58 Å². The summed E-state index contributed by atoms with van der Waals surface area (Å²) >= 11 is 0. The summed E-state index contributed by atoms with van der Waals surface area (Å²) in [5.41, 5.74) is 2.67. The molecule has 0 aliphatic rings. The zero-order valence-corrected chi connectivity index (χ0v) is 13.9. The summed E-state index contributed by atoms with van der Waals surface area (Å²) in [6, 6.07) is 21.5. The Morgan fingerprint density at radius 2 is 1.52 bits per heavy atom. The molecule has 0 N–H and O–H groups in total. The summed E-state index contributed by atoms with van der Waals surface area (Å²) in [6.45, 7) is 2.27. The van der Waals surface area contributed by atoms with E-state index in [-0.39, 0.29) is 0 Å². The Morgan fingerprint density at radius 1 is 0.857 bits per heavy atom. The third kappa shape index (κ3) is 5.86. The Morgan fingerprint density at radius 3 is 2.19 bits per heavy atom. The van der Waals surface area contributed by atoms with Crippen molar-refractivity contribution in [3.8, 4) is 0 Å². The van der Waals surface area contributed by atoms with Gasteiger partial charge >= 0.3 is 0 Å². The molecule has 110 valence electrons. The van der Waals surface area contributed by atoms with E-state index in [0.717, 1.165) is 8.58 Å². The van der Waals surface area contributed by atoms with Crippen LogP contribution in [0.4, 0.5) is 0 Å². The van der Waals surface area contributed by atoms with E-state index in [1.807, 2.05) is 0 Å². The third-order valence-corrected chi connectivity index (χ3v) is 4.96. The number of hydrogen-bond acceptors (Lipinski definition) is 0. The fraction of sp³-hybridized carbons (Fsp3) is 0.300. The van der Waals surface area contributed by atoms with Crippen molar-refractivity contribution < 1.29 is 0 Å². The highest BCUT2D eigenvalue weighted by Crippen LogP contribution is 2.36. The van der Waals surface area contributed by atoms with Gasteiger partial charge in [-0.05, 0) is 35.1 Å². The second-order valence-corrected chi connectivity index (χ2v) is 6.71. The largest absolute Gasteiger partial charge is 0.0897 e. The molecule has 0 aliphatic carbocycles. The quantitative estimate of drug-likeness (QED) is 0.298. The van der Waals surface area contributed by atoms with Gasteiger partial charge in [-0.25, -0.2) is 0 Å². The van der Waals surface area contributed by atoms with E-state index in [1.54, 1.807) is 0 Å². The van der Waals surface area contributed by atoms with Crippen LogP contribution in [-0.4, -0.2) is 6.16 Å². The summed E-state index contributed by atoms with van der Waals surface area (Å²) in [5, 5.41) is 1.48. The van der Waals surface area contributed by atoms with E-state index in [1.165, 1.54) is 48.3 Å². The topological polar surface area (TPSA) is 0 Å². The SMILES string of the molecule is CCCCCCPC(=Cc1ccccc1)c1ccccc1. The van der Waals surface area contributed by atoms with Crippen molar-refractivity contribution in [2.24, 2.45) is 0 Å². The van der Waals surface area contributed by atoms with Gasteiger partial charge in [0.1, 0.15) is 0 Å². The number of benzene rings is 2. The molecule has 0 nitrogen and oxygen atoms in total. The van der Waals surface area contributed by atoms with E-state index in [2.05, 4.69) is 73.7 Å². The van der Waals surface area contributed by atoms with Crippen LogP contribution in [0.1, 0.15) is 43.7 Å². The summed E-state index contributed by atoms with van der Waals surface area (Å²) in [7, 11) is 0.899. The number of unbranched alkanes of at least 4 members (excludes halogenated alkanes) is 3. The molecule has 0 heterocycles. The lowest BCUT2D eigenvalue weighted by molar-refractivity contribution is 0.706. The Labute approximate surface area is 131 Å². The molecule has 0 saturated heterocycles. The first-order valence-corrected chi connectivity index (χ1v) is 9.17. The van der Waals surface area contributed by atoms with Gasteiger partial charge in [0.2, 0.25) is 0 Å². The summed E-state index contributed by atoms with van der Waals surface area (Å²) < 4.78 is 0. The molecule has 2 aromatic rings. The van der Waals surface area contributed by atoms with E-state index in [0.29, 0.717) is 0 Å². The second kappa shape index (κ2) is 9.53. The van der Waals surface area contributed by atoms with Crippen molar-refractivity contribution in [2.75, 3.05) is 6.16 Å². The minimum Gasteiger partial charge on any atom is -0.0897 e. The van der Waals surface area contributed by atoms with Gasteiger partial charge in [-0.15, -0.1) is 0 Å². The average Bonchev–Trinajstić information content (AvgIpc) is 2.55. The van der Waals surface area contributed by atoms with E-state index in [9.17, 15) is 0 Å². The number of hydrogen-bond donors (Lipinski definition) is 0. The minimum atomic E-state index is 0.899. The van der Waals surface area contributed by atoms with Crippen LogP contribution in [0.5, 0.6) is 0 Å². The monoisotopic (exact) mass is 296 g/mol. The van der Waals surface area contributed by atoms with E-state index < -0.39 is 0 Å². The van der Waals surface area contributed by atoms with Gasteiger partial charge in [-0.3, -0.25) is 0 Å². The molecule has 2 aromatic carbocycles. The first-order valence-electron chi connectivity index (χ1n) is 7.96. The van der Waals surface area contributed by atoms with Crippen molar-refractivity contribution in [3.63, 3.8) is 0 Å². The molecule has 0 saturated carbocycles. The average molecular weight is 296 g/mol. The van der Waals surface area contributed by atoms with Crippen molar-refractivity contribution in [1.82, 2.24) is 0 Å². The fourth-order valence-corrected chi connectivity index (χ4v) is 3.68. The molecule has 0 radical (unpaired) electrons. The maximum absolute atomic E-state index is 2.35. The fourth-order valence-electron chi connectivity index (χ4n) is 2.34. The van der Waals surface area contributed by atoms with Crippen molar-refractivity contribution >= 4 is 20.0 Å². The third-order valence-electron chi connectivity index (χ3n) is 3.54. The number of rotatable bonds is 8. The molecule has 0 spiro atoms. The Balaban J connectivity index is 2.06. The zero-order chi connectivity index (χ0) is 14.8. The lowest BCUT2D eigenvalue weighted by Gasteiger charge is -2.09. The summed E-state index contributed by atoms with van der Waals surface area (Å²) in [4.78, 5) is 0. The molecule has 0 bridgehead atoms. The van der Waals surface area contributed by atoms with Crippen LogP contribution in [0.2, 0.25) is 0 Å². The molecule has 0 amide bonds. The highest BCUT2D eigenvalue weighted by Gasteiger charge is 2.02.